The van der Waals surface area contributed by atoms with Gasteiger partial charge >= 0.3 is 0 Å². The first-order valence-corrected chi connectivity index (χ1v) is 4.39. The zero-order valence-electron chi connectivity index (χ0n) is 7.38. The smallest absolute Gasteiger partial charge is 0.222 e. The van der Waals surface area contributed by atoms with Gasteiger partial charge in [-0.2, -0.15) is 0 Å². The van der Waals surface area contributed by atoms with E-state index in [1.54, 1.807) is 0 Å². The number of aliphatic hydroxyl groups is 1. The minimum absolute atomic E-state index is 0.0209. The Bertz CT molecular complexity index is 206. The molecule has 0 spiro atoms. The molecule has 0 radical (unpaired) electrons. The summed E-state index contributed by atoms with van der Waals surface area (Å²) in [7, 11) is 0. The molecule has 3 N–H and O–H groups in total. The molecule has 2 amide bonds. The summed E-state index contributed by atoms with van der Waals surface area (Å²) in [6.45, 7) is 0.541. The Hall–Kier alpha value is -1.10. The lowest BCUT2D eigenvalue weighted by atomic mass is 10.2. The van der Waals surface area contributed by atoms with Crippen molar-refractivity contribution in [3.8, 4) is 0 Å². The lowest BCUT2D eigenvalue weighted by Crippen LogP contribution is -2.36. The fraction of sp³-hybridized carbons (Fsp3) is 0.750. The van der Waals surface area contributed by atoms with Crippen molar-refractivity contribution >= 4 is 11.8 Å². The monoisotopic (exact) mass is 186 g/mol. The first kappa shape index (κ1) is 9.98. The van der Waals surface area contributed by atoms with Gasteiger partial charge in [-0.05, 0) is 6.42 Å². The Balaban J connectivity index is 2.17. The summed E-state index contributed by atoms with van der Waals surface area (Å²) in [6.07, 6.45) is 1.16. The van der Waals surface area contributed by atoms with Crippen LogP contribution in [0.2, 0.25) is 0 Å². The number of nitrogens with one attached hydrogen (secondary N) is 2. The highest BCUT2D eigenvalue weighted by Crippen LogP contribution is 1.99. The van der Waals surface area contributed by atoms with Gasteiger partial charge in [-0.1, -0.05) is 0 Å². The predicted octanol–water partition coefficient (Wildman–Crippen LogP) is -1.24. The lowest BCUT2D eigenvalue weighted by molar-refractivity contribution is -0.122. The fourth-order valence-electron chi connectivity index (χ4n) is 1.25. The van der Waals surface area contributed by atoms with E-state index in [2.05, 4.69) is 10.6 Å². The van der Waals surface area contributed by atoms with Crippen LogP contribution in [0.1, 0.15) is 19.3 Å². The second kappa shape index (κ2) is 4.81. The van der Waals surface area contributed by atoms with E-state index in [1.165, 1.54) is 0 Å². The third-order valence-corrected chi connectivity index (χ3v) is 1.90. The molecular formula is C8H14N2O3. The zero-order valence-corrected chi connectivity index (χ0v) is 7.38. The van der Waals surface area contributed by atoms with E-state index in [9.17, 15) is 9.59 Å². The number of carbonyl (C=O) groups excluding carboxylic acids is 2. The van der Waals surface area contributed by atoms with Gasteiger partial charge in [0.25, 0.3) is 0 Å². The maximum absolute atomic E-state index is 11.1. The van der Waals surface area contributed by atoms with E-state index in [4.69, 9.17) is 5.11 Å². The quantitative estimate of drug-likeness (QED) is 0.514. The van der Waals surface area contributed by atoms with Crippen molar-refractivity contribution in [3.05, 3.63) is 0 Å². The molecule has 1 rings (SSSR count). The van der Waals surface area contributed by atoms with Gasteiger partial charge in [0.2, 0.25) is 11.8 Å². The van der Waals surface area contributed by atoms with Crippen molar-refractivity contribution in [1.29, 1.82) is 0 Å². The summed E-state index contributed by atoms with van der Waals surface area (Å²) in [5.41, 5.74) is 0. The molecule has 74 valence electrons. The van der Waals surface area contributed by atoms with Gasteiger partial charge in [-0.25, -0.2) is 0 Å². The molecule has 0 aliphatic carbocycles. The molecule has 1 unspecified atom stereocenters. The molecule has 1 aliphatic rings. The van der Waals surface area contributed by atoms with Crippen molar-refractivity contribution in [2.24, 2.45) is 0 Å². The maximum atomic E-state index is 11.1. The summed E-state index contributed by atoms with van der Waals surface area (Å²) in [5, 5.41) is 13.8. The zero-order chi connectivity index (χ0) is 9.68. The molecule has 1 aliphatic heterocycles. The normalized spacial score (nSPS) is 21.3. The molecule has 5 heteroatoms. The SMILES string of the molecule is O=C1CC(NC(=O)CCCO)CN1. The molecule has 1 atom stereocenters. The van der Waals surface area contributed by atoms with Gasteiger partial charge in [0.15, 0.2) is 0 Å². The van der Waals surface area contributed by atoms with Crippen LogP contribution in [0.3, 0.4) is 0 Å². The van der Waals surface area contributed by atoms with Gasteiger partial charge < -0.3 is 15.7 Å². The van der Waals surface area contributed by atoms with Crippen molar-refractivity contribution < 1.29 is 14.7 Å². The molecule has 5 nitrogen and oxygen atoms in total. The molecule has 0 aromatic heterocycles. The van der Waals surface area contributed by atoms with Gasteiger partial charge in [0, 0.05) is 26.0 Å². The predicted molar refractivity (Wildman–Crippen MR) is 45.9 cm³/mol. The van der Waals surface area contributed by atoms with Crippen molar-refractivity contribution in [1.82, 2.24) is 10.6 Å². The van der Waals surface area contributed by atoms with Gasteiger partial charge in [-0.15, -0.1) is 0 Å². The average Bonchev–Trinajstić information content (AvgIpc) is 2.48. The summed E-state index contributed by atoms with van der Waals surface area (Å²) < 4.78 is 0. The summed E-state index contributed by atoms with van der Waals surface area (Å²) in [6, 6.07) is -0.0707. The van der Waals surface area contributed by atoms with Gasteiger partial charge in [-0.3, -0.25) is 9.59 Å². The highest BCUT2D eigenvalue weighted by atomic mass is 16.3. The molecular weight excluding hydrogens is 172 g/mol. The number of amides is 2. The van der Waals surface area contributed by atoms with Gasteiger partial charge in [0.1, 0.15) is 0 Å². The van der Waals surface area contributed by atoms with E-state index in [0.29, 0.717) is 25.8 Å². The van der Waals surface area contributed by atoms with Crippen molar-refractivity contribution in [2.75, 3.05) is 13.2 Å². The molecule has 1 heterocycles. The second-order valence-electron chi connectivity index (χ2n) is 3.10. The highest BCUT2D eigenvalue weighted by molar-refractivity contribution is 5.81. The van der Waals surface area contributed by atoms with E-state index < -0.39 is 0 Å². The molecule has 0 aromatic carbocycles. The number of rotatable bonds is 4. The van der Waals surface area contributed by atoms with E-state index in [1.807, 2.05) is 0 Å². The third-order valence-electron chi connectivity index (χ3n) is 1.90. The average molecular weight is 186 g/mol. The minimum atomic E-state index is -0.101. The van der Waals surface area contributed by atoms with Crippen LogP contribution in [0.25, 0.3) is 0 Å². The number of aliphatic hydroxyl groups excluding tert-OH is 1. The van der Waals surface area contributed by atoms with E-state index in [-0.39, 0.29) is 24.5 Å². The lowest BCUT2D eigenvalue weighted by Gasteiger charge is -2.09. The fourth-order valence-corrected chi connectivity index (χ4v) is 1.25. The topological polar surface area (TPSA) is 78.4 Å². The minimum Gasteiger partial charge on any atom is -0.396 e. The summed E-state index contributed by atoms with van der Waals surface area (Å²) >= 11 is 0. The van der Waals surface area contributed by atoms with Crippen LogP contribution in [-0.2, 0) is 9.59 Å². The Labute approximate surface area is 76.5 Å². The molecule has 0 saturated carbocycles. The Morgan fingerprint density at radius 3 is 3.00 bits per heavy atom. The van der Waals surface area contributed by atoms with Crippen LogP contribution in [0.4, 0.5) is 0 Å². The van der Waals surface area contributed by atoms with Crippen LogP contribution in [0.5, 0.6) is 0 Å². The van der Waals surface area contributed by atoms with Crippen LogP contribution in [0, 0.1) is 0 Å². The van der Waals surface area contributed by atoms with Crippen LogP contribution < -0.4 is 10.6 Å². The molecule has 0 aromatic rings. The Kier molecular flexibility index (Phi) is 3.70. The first-order chi connectivity index (χ1) is 6.22. The molecule has 1 fully saturated rings. The largest absolute Gasteiger partial charge is 0.396 e. The van der Waals surface area contributed by atoms with Crippen LogP contribution in [0.15, 0.2) is 0 Å². The number of carbonyl (C=O) groups is 2. The summed E-state index contributed by atoms with van der Waals surface area (Å²) in [5.74, 6) is -0.122. The number of hydrogen-bond acceptors (Lipinski definition) is 3. The maximum Gasteiger partial charge on any atom is 0.222 e. The van der Waals surface area contributed by atoms with Crippen molar-refractivity contribution in [3.63, 3.8) is 0 Å². The van der Waals surface area contributed by atoms with E-state index in [0.717, 1.165) is 0 Å². The van der Waals surface area contributed by atoms with Crippen molar-refractivity contribution in [2.45, 2.75) is 25.3 Å². The summed E-state index contributed by atoms with van der Waals surface area (Å²) in [4.78, 5) is 21.8. The molecule has 0 bridgehead atoms. The second-order valence-corrected chi connectivity index (χ2v) is 3.10. The highest BCUT2D eigenvalue weighted by Gasteiger charge is 2.22. The standard InChI is InChI=1S/C8H14N2O3/c11-3-1-2-7(12)10-6-4-8(13)9-5-6/h6,11H,1-5H2,(H,9,13)(H,10,12). The van der Waals surface area contributed by atoms with Gasteiger partial charge in [0.05, 0.1) is 6.04 Å². The van der Waals surface area contributed by atoms with Crippen LogP contribution in [-0.4, -0.2) is 36.1 Å². The first-order valence-electron chi connectivity index (χ1n) is 4.39. The Morgan fingerprint density at radius 1 is 1.69 bits per heavy atom. The molecule has 13 heavy (non-hydrogen) atoms. The van der Waals surface area contributed by atoms with E-state index >= 15 is 0 Å². The molecule has 1 saturated heterocycles. The Morgan fingerprint density at radius 2 is 2.46 bits per heavy atom. The number of hydrogen-bond donors (Lipinski definition) is 3. The third kappa shape index (κ3) is 3.42. The van der Waals surface area contributed by atoms with Crippen LogP contribution >= 0.6 is 0 Å².